The second-order valence-electron chi connectivity index (χ2n) is 9.10. The van der Waals surface area contributed by atoms with E-state index in [2.05, 4.69) is 54.8 Å². The fourth-order valence-electron chi connectivity index (χ4n) is 4.65. The molecule has 1 atom stereocenters. The number of benzene rings is 1. The Labute approximate surface area is 203 Å². The number of aromatic nitrogens is 2. The molecule has 5 nitrogen and oxygen atoms in total. The maximum atomic E-state index is 9.30. The molecule has 1 fully saturated rings. The van der Waals surface area contributed by atoms with Gasteiger partial charge in [0, 0.05) is 41.0 Å². The Morgan fingerprint density at radius 3 is 2.45 bits per heavy atom. The van der Waals surface area contributed by atoms with Crippen molar-refractivity contribution in [1.29, 1.82) is 0 Å². The molecule has 1 N–H and O–H groups in total. The molecule has 2 aromatic rings. The van der Waals surface area contributed by atoms with Gasteiger partial charge >= 0.3 is 0 Å². The number of aliphatic imine (C=N–C) groups is 1. The van der Waals surface area contributed by atoms with E-state index >= 15 is 0 Å². The molecule has 0 bridgehead atoms. The zero-order valence-corrected chi connectivity index (χ0v) is 21.1. The molecule has 33 heavy (non-hydrogen) atoms. The Morgan fingerprint density at radius 2 is 1.88 bits per heavy atom. The Morgan fingerprint density at radius 1 is 1.18 bits per heavy atom. The molecule has 1 unspecified atom stereocenters. The highest BCUT2D eigenvalue weighted by Crippen LogP contribution is 2.36. The number of likely N-dealkylation sites (N-methyl/N-ethyl adjacent to an activating group) is 1. The van der Waals surface area contributed by atoms with Crippen molar-refractivity contribution < 1.29 is 5.11 Å². The lowest BCUT2D eigenvalue weighted by molar-refractivity contribution is 0.142. The number of allylic oxidation sites excluding steroid dienone is 2. The second-order valence-corrected chi connectivity index (χ2v) is 9.54. The number of rotatable bonds is 9. The van der Waals surface area contributed by atoms with Crippen LogP contribution in [-0.2, 0) is 0 Å². The molecule has 1 aliphatic carbocycles. The van der Waals surface area contributed by atoms with Crippen molar-refractivity contribution in [2.75, 3.05) is 20.2 Å². The number of aliphatic hydroxyl groups is 1. The van der Waals surface area contributed by atoms with E-state index in [1.165, 1.54) is 5.57 Å². The molecule has 1 aromatic heterocycles. The van der Waals surface area contributed by atoms with Gasteiger partial charge in [-0.25, -0.2) is 9.97 Å². The molecule has 0 radical (unpaired) electrons. The number of halogens is 1. The molecule has 0 amide bonds. The summed E-state index contributed by atoms with van der Waals surface area (Å²) in [4.78, 5) is 16.3. The Bertz CT molecular complexity index is 934. The smallest absolute Gasteiger partial charge is 0.116 e. The first-order valence-corrected chi connectivity index (χ1v) is 12.4. The molecule has 6 heteroatoms. The maximum absolute atomic E-state index is 9.30. The average molecular weight is 469 g/mol. The number of hydrogen-bond donors (Lipinski definition) is 1. The second kappa shape index (κ2) is 12.4. The quantitative estimate of drug-likeness (QED) is 0.481. The highest BCUT2D eigenvalue weighted by Gasteiger charge is 2.28. The lowest BCUT2D eigenvalue weighted by Gasteiger charge is -2.35. The minimum absolute atomic E-state index is 0.197. The van der Waals surface area contributed by atoms with Gasteiger partial charge in [-0.05, 0) is 77.1 Å². The molecule has 3 rings (SSSR count). The third-order valence-corrected chi connectivity index (χ3v) is 7.16. The Balaban J connectivity index is 2.04. The summed E-state index contributed by atoms with van der Waals surface area (Å²) in [6.07, 6.45) is 8.90. The highest BCUT2D eigenvalue weighted by atomic mass is 35.5. The summed E-state index contributed by atoms with van der Waals surface area (Å²) in [5.41, 5.74) is 5.42. The van der Waals surface area contributed by atoms with Crippen LogP contribution in [0.5, 0.6) is 0 Å². The van der Waals surface area contributed by atoms with Crippen LogP contribution in [0.1, 0.15) is 64.1 Å². The predicted molar refractivity (Wildman–Crippen MR) is 138 cm³/mol. The van der Waals surface area contributed by atoms with E-state index in [4.69, 9.17) is 16.6 Å². The van der Waals surface area contributed by atoms with Crippen LogP contribution in [0.25, 0.3) is 5.57 Å². The van der Waals surface area contributed by atoms with Gasteiger partial charge in [0.1, 0.15) is 6.33 Å². The number of hydrogen-bond acceptors (Lipinski definition) is 5. The summed E-state index contributed by atoms with van der Waals surface area (Å²) in [6.45, 7) is 7.52. The summed E-state index contributed by atoms with van der Waals surface area (Å²) in [6, 6.07) is 10.7. The summed E-state index contributed by atoms with van der Waals surface area (Å²) >= 11 is 6.20. The van der Waals surface area contributed by atoms with Crippen LogP contribution in [0.15, 0.2) is 53.4 Å². The van der Waals surface area contributed by atoms with Gasteiger partial charge in [0.15, 0.2) is 0 Å². The minimum atomic E-state index is 0.197. The van der Waals surface area contributed by atoms with Gasteiger partial charge in [-0.1, -0.05) is 36.2 Å². The zero-order chi connectivity index (χ0) is 23.8. The topological polar surface area (TPSA) is 61.6 Å². The molecule has 1 aromatic carbocycles. The molecule has 1 heterocycles. The standard InChI is InChI=1S/C27H37ClN4O/c1-5-19(2)31-27(22-6-10-23(28)11-7-22)26(25-14-15-29-18-30-25)20(3)21-8-12-24(13-9-21)32(4)16-17-33/h6-7,10-11,14-15,18-19,21,24,33H,5,8-9,12-13,16-17H2,1-4H3/b26-20+,31-27?. The molecule has 0 spiro atoms. The summed E-state index contributed by atoms with van der Waals surface area (Å²) in [7, 11) is 2.12. The van der Waals surface area contributed by atoms with E-state index in [0.29, 0.717) is 12.0 Å². The fourth-order valence-corrected chi connectivity index (χ4v) is 4.77. The third kappa shape index (κ3) is 6.72. The molecule has 0 aliphatic heterocycles. The predicted octanol–water partition coefficient (Wildman–Crippen LogP) is 5.67. The van der Waals surface area contributed by atoms with Crippen molar-refractivity contribution in [2.45, 2.75) is 65.0 Å². The minimum Gasteiger partial charge on any atom is -0.395 e. The Kier molecular flexibility index (Phi) is 9.60. The molecule has 1 aliphatic rings. The molecular weight excluding hydrogens is 432 g/mol. The normalized spacial score (nSPS) is 21.1. The first-order valence-electron chi connectivity index (χ1n) is 12.1. The molecule has 1 saturated carbocycles. The van der Waals surface area contributed by atoms with Crippen LogP contribution in [0.4, 0.5) is 0 Å². The van der Waals surface area contributed by atoms with E-state index in [0.717, 1.165) is 66.2 Å². The van der Waals surface area contributed by atoms with Crippen LogP contribution in [-0.4, -0.2) is 58.0 Å². The number of aliphatic hydroxyl groups excluding tert-OH is 1. The first-order chi connectivity index (χ1) is 15.9. The maximum Gasteiger partial charge on any atom is 0.116 e. The van der Waals surface area contributed by atoms with Gasteiger partial charge in [0.05, 0.1) is 18.0 Å². The van der Waals surface area contributed by atoms with E-state index in [9.17, 15) is 5.11 Å². The van der Waals surface area contributed by atoms with Gasteiger partial charge < -0.3 is 10.0 Å². The van der Waals surface area contributed by atoms with Crippen LogP contribution >= 0.6 is 11.6 Å². The lowest BCUT2D eigenvalue weighted by atomic mass is 9.78. The van der Waals surface area contributed by atoms with E-state index in [1.807, 2.05) is 18.2 Å². The summed E-state index contributed by atoms with van der Waals surface area (Å²) in [5.74, 6) is 0.475. The lowest BCUT2D eigenvalue weighted by Crippen LogP contribution is -2.37. The zero-order valence-electron chi connectivity index (χ0n) is 20.3. The van der Waals surface area contributed by atoms with E-state index in [1.54, 1.807) is 12.5 Å². The van der Waals surface area contributed by atoms with Crippen LogP contribution < -0.4 is 0 Å². The number of nitrogens with zero attached hydrogens (tertiary/aromatic N) is 4. The van der Waals surface area contributed by atoms with E-state index in [-0.39, 0.29) is 12.6 Å². The van der Waals surface area contributed by atoms with Gasteiger partial charge in [0.25, 0.3) is 0 Å². The van der Waals surface area contributed by atoms with Crippen molar-refractivity contribution in [3.8, 4) is 0 Å². The van der Waals surface area contributed by atoms with Crippen molar-refractivity contribution in [1.82, 2.24) is 14.9 Å². The Hall–Kier alpha value is -2.08. The van der Waals surface area contributed by atoms with Crippen molar-refractivity contribution in [3.05, 3.63) is 64.7 Å². The van der Waals surface area contributed by atoms with Crippen molar-refractivity contribution >= 4 is 22.9 Å². The van der Waals surface area contributed by atoms with Gasteiger partial charge in [-0.15, -0.1) is 0 Å². The SMILES string of the molecule is CCC(C)N=C(/C(=C(\C)C1CCC(N(C)CCO)CC1)c1ccncn1)c1ccc(Cl)cc1. The fraction of sp³-hybridized carbons (Fsp3) is 0.519. The molecule has 0 saturated heterocycles. The van der Waals surface area contributed by atoms with Gasteiger partial charge in [-0.3, -0.25) is 4.99 Å². The highest BCUT2D eigenvalue weighted by molar-refractivity contribution is 6.33. The van der Waals surface area contributed by atoms with Crippen LogP contribution in [0.3, 0.4) is 0 Å². The monoisotopic (exact) mass is 468 g/mol. The summed E-state index contributed by atoms with van der Waals surface area (Å²) in [5, 5.41) is 10.0. The largest absolute Gasteiger partial charge is 0.395 e. The summed E-state index contributed by atoms with van der Waals surface area (Å²) < 4.78 is 0. The van der Waals surface area contributed by atoms with Crippen LogP contribution in [0, 0.1) is 5.92 Å². The van der Waals surface area contributed by atoms with E-state index < -0.39 is 0 Å². The average Bonchev–Trinajstić information content (AvgIpc) is 2.85. The van der Waals surface area contributed by atoms with Crippen molar-refractivity contribution in [2.24, 2.45) is 10.9 Å². The van der Waals surface area contributed by atoms with Gasteiger partial charge in [0.2, 0.25) is 0 Å². The molecule has 178 valence electrons. The van der Waals surface area contributed by atoms with Gasteiger partial charge in [-0.2, -0.15) is 0 Å². The molecular formula is C27H37ClN4O. The van der Waals surface area contributed by atoms with Crippen LogP contribution in [0.2, 0.25) is 5.02 Å². The first kappa shape index (κ1) is 25.5. The third-order valence-electron chi connectivity index (χ3n) is 6.91. The van der Waals surface area contributed by atoms with Crippen molar-refractivity contribution in [3.63, 3.8) is 0 Å².